The van der Waals surface area contributed by atoms with Crippen LogP contribution in [0.4, 0.5) is 4.39 Å². The second-order valence-electron chi connectivity index (χ2n) is 7.74. The molecule has 0 fully saturated rings. The number of rotatable bonds is 11. The molecule has 0 aliphatic carbocycles. The normalized spacial score (nSPS) is 10.3. The van der Waals surface area contributed by atoms with Gasteiger partial charge < -0.3 is 11.1 Å². The lowest BCUT2D eigenvalue weighted by atomic mass is 9.95. The van der Waals surface area contributed by atoms with Gasteiger partial charge in [0.15, 0.2) is 0 Å². The number of aryl methyl sites for hydroxylation is 2. The maximum absolute atomic E-state index is 12.6. The van der Waals surface area contributed by atoms with Crippen molar-refractivity contribution in [3.05, 3.63) is 35.1 Å². The van der Waals surface area contributed by atoms with Crippen molar-refractivity contribution in [2.24, 2.45) is 11.7 Å². The van der Waals surface area contributed by atoms with Crippen LogP contribution >= 0.6 is 12.2 Å². The van der Waals surface area contributed by atoms with Gasteiger partial charge in [-0.2, -0.15) is 0 Å². The average Bonchev–Trinajstić information content (AvgIpc) is 2.77. The Morgan fingerprint density at radius 1 is 1.00 bits per heavy atom. The van der Waals surface area contributed by atoms with Gasteiger partial charge in [0.05, 0.1) is 4.99 Å². The Hall–Kier alpha value is -1.49. The molecule has 32 heavy (non-hydrogen) atoms. The zero-order chi connectivity index (χ0) is 25.4. The van der Waals surface area contributed by atoms with Crippen molar-refractivity contribution < 1.29 is 9.18 Å². The van der Waals surface area contributed by atoms with Crippen molar-refractivity contribution in [1.29, 1.82) is 0 Å². The molecule has 5 heteroatoms. The molecule has 0 aromatic heterocycles. The molecule has 0 saturated heterocycles. The van der Waals surface area contributed by atoms with E-state index in [1.807, 2.05) is 26.8 Å². The van der Waals surface area contributed by atoms with E-state index in [1.165, 1.54) is 31.7 Å². The first-order chi connectivity index (χ1) is 15.2. The van der Waals surface area contributed by atoms with E-state index in [9.17, 15) is 9.18 Å². The summed E-state index contributed by atoms with van der Waals surface area (Å²) in [6.07, 6.45) is 9.81. The van der Waals surface area contributed by atoms with Crippen molar-refractivity contribution in [2.45, 2.75) is 113 Å². The summed E-state index contributed by atoms with van der Waals surface area (Å²) < 4.78 is 12.6. The summed E-state index contributed by atoms with van der Waals surface area (Å²) >= 11 is 4.78. The van der Waals surface area contributed by atoms with Crippen LogP contribution in [0.2, 0.25) is 0 Å². The van der Waals surface area contributed by atoms with Gasteiger partial charge in [-0.3, -0.25) is 4.79 Å². The predicted molar refractivity (Wildman–Crippen MR) is 145 cm³/mol. The highest BCUT2D eigenvalue weighted by molar-refractivity contribution is 7.80. The van der Waals surface area contributed by atoms with Gasteiger partial charge in [-0.25, -0.2) is 4.39 Å². The van der Waals surface area contributed by atoms with E-state index in [0.717, 1.165) is 31.2 Å². The van der Waals surface area contributed by atoms with E-state index in [4.69, 9.17) is 18.0 Å². The van der Waals surface area contributed by atoms with E-state index in [2.05, 4.69) is 33.0 Å². The van der Waals surface area contributed by atoms with E-state index in [1.54, 1.807) is 13.0 Å². The first-order valence-electron chi connectivity index (χ1n) is 12.5. The van der Waals surface area contributed by atoms with Crippen LogP contribution in [0.15, 0.2) is 18.2 Å². The van der Waals surface area contributed by atoms with Gasteiger partial charge in [0.1, 0.15) is 5.82 Å². The molecule has 1 aromatic carbocycles. The number of unbranched alkanes of at least 4 members (excludes halogenated alkanes) is 3. The van der Waals surface area contributed by atoms with Crippen LogP contribution in [-0.2, 0) is 4.79 Å². The van der Waals surface area contributed by atoms with E-state index in [0.29, 0.717) is 23.5 Å². The summed E-state index contributed by atoms with van der Waals surface area (Å²) in [6.45, 7) is 16.9. The minimum absolute atomic E-state index is 0.116. The zero-order valence-corrected chi connectivity index (χ0v) is 23.0. The molecule has 0 aliphatic rings. The van der Waals surface area contributed by atoms with Gasteiger partial charge >= 0.3 is 0 Å². The molecule has 0 spiro atoms. The van der Waals surface area contributed by atoms with Crippen LogP contribution in [0.3, 0.4) is 0 Å². The predicted octanol–water partition coefficient (Wildman–Crippen LogP) is 8.05. The molecule has 3 N–H and O–H groups in total. The van der Waals surface area contributed by atoms with Gasteiger partial charge in [0.2, 0.25) is 5.91 Å². The fourth-order valence-corrected chi connectivity index (χ4v) is 2.65. The molecule has 188 valence electrons. The lowest BCUT2D eigenvalue weighted by Gasteiger charge is -2.15. The summed E-state index contributed by atoms with van der Waals surface area (Å²) in [5.74, 6) is 0.215. The summed E-state index contributed by atoms with van der Waals surface area (Å²) in [7, 11) is 0. The number of carbonyl (C=O) groups excluding carboxylic acids is 1. The SMILES string of the molecule is CC.CCCC.CCCCCC(CCC)C(=O)NCCC(N)=S.Cc1ccc(C)c(F)c1. The third-order valence-electron chi connectivity index (χ3n) is 4.66. The van der Waals surface area contributed by atoms with Crippen LogP contribution in [0.1, 0.15) is 110 Å². The number of hydrogen-bond donors (Lipinski definition) is 2. The fourth-order valence-electron chi connectivity index (χ4n) is 2.55. The lowest BCUT2D eigenvalue weighted by Crippen LogP contribution is -2.33. The van der Waals surface area contributed by atoms with Gasteiger partial charge in [0, 0.05) is 18.9 Å². The second-order valence-corrected chi connectivity index (χ2v) is 8.27. The molecule has 0 radical (unpaired) electrons. The van der Waals surface area contributed by atoms with Gasteiger partial charge in [0.25, 0.3) is 0 Å². The Bertz CT molecular complexity index is 577. The van der Waals surface area contributed by atoms with Gasteiger partial charge in [-0.15, -0.1) is 0 Å². The number of nitrogens with two attached hydrogens (primary N) is 1. The third-order valence-corrected chi connectivity index (χ3v) is 4.87. The number of halogens is 1. The monoisotopic (exact) mass is 470 g/mol. The Morgan fingerprint density at radius 2 is 1.59 bits per heavy atom. The standard InChI is InChI=1S/C13H26N2OS.C8H9F.C4H10.C2H6/c1-3-5-6-8-11(7-4-2)13(16)15-10-9-12(14)17;1-6-3-4-7(2)8(9)5-6;1-3-4-2;1-2/h11H,3-10H2,1-2H3,(H2,14,17)(H,15,16);3-5H,1-2H3;3-4H2,1-2H3;1-2H3. The van der Waals surface area contributed by atoms with E-state index >= 15 is 0 Å². The fraction of sp³-hybridized carbons (Fsp3) is 0.704. The Labute approximate surface area is 204 Å². The summed E-state index contributed by atoms with van der Waals surface area (Å²) in [5, 5.41) is 2.92. The summed E-state index contributed by atoms with van der Waals surface area (Å²) in [5.41, 5.74) is 7.07. The number of nitrogens with one attached hydrogen (secondary N) is 1. The molecule has 1 atom stereocenters. The van der Waals surface area contributed by atoms with Crippen LogP contribution in [0.5, 0.6) is 0 Å². The molecule has 1 unspecified atom stereocenters. The van der Waals surface area contributed by atoms with E-state index in [-0.39, 0.29) is 17.6 Å². The first-order valence-corrected chi connectivity index (χ1v) is 12.9. The average molecular weight is 471 g/mol. The van der Waals surface area contributed by atoms with Crippen LogP contribution < -0.4 is 11.1 Å². The van der Waals surface area contributed by atoms with E-state index < -0.39 is 0 Å². The number of benzene rings is 1. The quantitative estimate of drug-likeness (QED) is 0.254. The Kier molecular flexibility index (Phi) is 28.3. The lowest BCUT2D eigenvalue weighted by molar-refractivity contribution is -0.125. The van der Waals surface area contributed by atoms with Crippen molar-refractivity contribution in [1.82, 2.24) is 5.32 Å². The Morgan fingerprint density at radius 3 is 2.00 bits per heavy atom. The number of amides is 1. The third kappa shape index (κ3) is 23.2. The first kappa shape index (κ1) is 35.1. The summed E-state index contributed by atoms with van der Waals surface area (Å²) in [6, 6.07) is 5.22. The highest BCUT2D eigenvalue weighted by atomic mass is 32.1. The maximum atomic E-state index is 12.6. The molecule has 1 rings (SSSR count). The molecule has 1 aromatic rings. The largest absolute Gasteiger partial charge is 0.393 e. The molecule has 0 aliphatic heterocycles. The van der Waals surface area contributed by atoms with Crippen molar-refractivity contribution in [2.75, 3.05) is 6.54 Å². The minimum Gasteiger partial charge on any atom is -0.393 e. The van der Waals surface area contributed by atoms with Crippen molar-refractivity contribution in [3.8, 4) is 0 Å². The Balaban J connectivity index is -0.000000464. The minimum atomic E-state index is -0.116. The molecular formula is C27H51FN2OS. The number of hydrogen-bond acceptors (Lipinski definition) is 2. The molecule has 0 bridgehead atoms. The van der Waals surface area contributed by atoms with Gasteiger partial charge in [-0.05, 0) is 43.9 Å². The number of carbonyl (C=O) groups is 1. The van der Waals surface area contributed by atoms with Crippen molar-refractivity contribution in [3.63, 3.8) is 0 Å². The number of thiocarbonyl (C=S) groups is 1. The molecule has 0 heterocycles. The highest BCUT2D eigenvalue weighted by Gasteiger charge is 2.16. The summed E-state index contributed by atoms with van der Waals surface area (Å²) in [4.78, 5) is 12.4. The van der Waals surface area contributed by atoms with Crippen LogP contribution in [0, 0.1) is 25.6 Å². The molecule has 1 amide bonds. The zero-order valence-electron chi connectivity index (χ0n) is 22.2. The molecule has 0 saturated carbocycles. The van der Waals surface area contributed by atoms with Gasteiger partial charge in [-0.1, -0.05) is 104 Å². The molecule has 3 nitrogen and oxygen atoms in total. The molecular weight excluding hydrogens is 419 g/mol. The topological polar surface area (TPSA) is 55.1 Å². The maximum Gasteiger partial charge on any atom is 0.223 e. The van der Waals surface area contributed by atoms with Crippen molar-refractivity contribution >= 4 is 23.1 Å². The van der Waals surface area contributed by atoms with Crippen LogP contribution in [-0.4, -0.2) is 17.4 Å². The highest BCUT2D eigenvalue weighted by Crippen LogP contribution is 2.15. The second kappa shape index (κ2) is 25.8. The van der Waals surface area contributed by atoms with Crippen LogP contribution in [0.25, 0.3) is 0 Å². The smallest absolute Gasteiger partial charge is 0.223 e.